The third-order valence-electron chi connectivity index (χ3n) is 4.92. The molecule has 2 aliphatic rings. The molecule has 2 aromatic rings. The molecule has 0 spiro atoms. The number of hydrogen-bond donors (Lipinski definition) is 0. The first-order chi connectivity index (χ1) is 12.2. The summed E-state index contributed by atoms with van der Waals surface area (Å²) in [5.41, 5.74) is 2.14. The first-order valence-electron chi connectivity index (χ1n) is 8.59. The zero-order chi connectivity index (χ0) is 17.2. The van der Waals surface area contributed by atoms with Gasteiger partial charge in [-0.25, -0.2) is 9.78 Å². The summed E-state index contributed by atoms with van der Waals surface area (Å²) in [6, 6.07) is 14.2. The Morgan fingerprint density at radius 3 is 2.68 bits per heavy atom. The topological polar surface area (TPSA) is 48.9 Å². The highest BCUT2D eigenvalue weighted by Gasteiger charge is 2.40. The molecule has 2 amide bonds. The molecule has 1 atom stereocenters. The Labute approximate surface area is 147 Å². The highest BCUT2D eigenvalue weighted by molar-refractivity contribution is 5.94. The summed E-state index contributed by atoms with van der Waals surface area (Å²) < 4.78 is 5.11. The number of para-hydroxylation sites is 1. The van der Waals surface area contributed by atoms with Crippen molar-refractivity contribution >= 4 is 11.7 Å². The van der Waals surface area contributed by atoms with Crippen molar-refractivity contribution in [1.82, 2.24) is 14.8 Å². The van der Waals surface area contributed by atoms with Crippen molar-refractivity contribution in [2.75, 3.05) is 38.2 Å². The molecule has 1 aromatic heterocycles. The van der Waals surface area contributed by atoms with Crippen LogP contribution in [0.15, 0.2) is 48.7 Å². The summed E-state index contributed by atoms with van der Waals surface area (Å²) in [5, 5.41) is 0. The molecule has 3 heterocycles. The second-order valence-electron chi connectivity index (χ2n) is 6.52. The van der Waals surface area contributed by atoms with Gasteiger partial charge in [0.25, 0.3) is 0 Å². The Kier molecular flexibility index (Phi) is 4.28. The van der Waals surface area contributed by atoms with Crippen molar-refractivity contribution in [1.29, 1.82) is 0 Å². The number of nitrogens with zero attached hydrogens (tertiary/aromatic N) is 4. The summed E-state index contributed by atoms with van der Waals surface area (Å²) in [6.07, 6.45) is 1.86. The fourth-order valence-electron chi connectivity index (χ4n) is 3.62. The van der Waals surface area contributed by atoms with Crippen molar-refractivity contribution in [2.45, 2.75) is 12.6 Å². The van der Waals surface area contributed by atoms with Gasteiger partial charge in [0.1, 0.15) is 0 Å². The number of piperazine rings is 1. The number of anilines is 1. The van der Waals surface area contributed by atoms with E-state index in [1.165, 1.54) is 5.56 Å². The van der Waals surface area contributed by atoms with Crippen molar-refractivity contribution in [3.63, 3.8) is 0 Å². The second kappa shape index (κ2) is 6.72. The number of ether oxygens (including phenoxy) is 1. The van der Waals surface area contributed by atoms with E-state index in [9.17, 15) is 4.79 Å². The molecule has 2 fully saturated rings. The molecule has 4 rings (SSSR count). The van der Waals surface area contributed by atoms with E-state index in [-0.39, 0.29) is 12.1 Å². The third kappa shape index (κ3) is 3.17. The molecule has 2 saturated heterocycles. The Bertz CT molecular complexity index is 735. The Hall–Kier alpha value is -2.60. The van der Waals surface area contributed by atoms with Crippen LogP contribution in [0.3, 0.4) is 0 Å². The number of benzene rings is 1. The monoisotopic (exact) mass is 338 g/mol. The zero-order valence-corrected chi connectivity index (χ0v) is 14.3. The average Bonchev–Trinajstić information content (AvgIpc) is 2.99. The molecule has 0 radical (unpaired) electrons. The van der Waals surface area contributed by atoms with Crippen LogP contribution in [0, 0.1) is 0 Å². The van der Waals surface area contributed by atoms with Gasteiger partial charge in [-0.15, -0.1) is 0 Å². The predicted octanol–water partition coefficient (Wildman–Crippen LogP) is 2.22. The van der Waals surface area contributed by atoms with E-state index >= 15 is 0 Å². The number of aromatic nitrogens is 1. The molecule has 2 aliphatic heterocycles. The van der Waals surface area contributed by atoms with Crippen LogP contribution in [-0.2, 0) is 6.54 Å². The van der Waals surface area contributed by atoms with Gasteiger partial charge in [-0.05, 0) is 17.7 Å². The molecule has 0 aliphatic carbocycles. The first-order valence-corrected chi connectivity index (χ1v) is 8.59. The standard InChI is InChI=1S/C19H22N4O2/c1-25-18-8-7-15(11-20-18)12-21-9-10-22-17(13-21)14-23(19(22)24)16-5-3-2-4-6-16/h2-8,11,17H,9-10,12-14H2,1H3. The molecular formula is C19H22N4O2. The second-order valence-corrected chi connectivity index (χ2v) is 6.52. The SMILES string of the molecule is COc1ccc(CN2CCN3C(=O)N(c4ccccc4)CC3C2)cn1. The van der Waals surface area contributed by atoms with Gasteiger partial charge in [0, 0.05) is 50.7 Å². The van der Waals surface area contributed by atoms with Crippen LogP contribution >= 0.6 is 0 Å². The Morgan fingerprint density at radius 1 is 1.12 bits per heavy atom. The third-order valence-corrected chi connectivity index (χ3v) is 4.92. The van der Waals surface area contributed by atoms with E-state index in [4.69, 9.17) is 4.74 Å². The lowest BCUT2D eigenvalue weighted by Crippen LogP contribution is -2.51. The van der Waals surface area contributed by atoms with Gasteiger partial charge in [-0.2, -0.15) is 0 Å². The number of fused-ring (bicyclic) bond motifs is 1. The Balaban J connectivity index is 1.42. The van der Waals surface area contributed by atoms with E-state index in [0.717, 1.165) is 38.4 Å². The van der Waals surface area contributed by atoms with E-state index in [1.807, 2.05) is 58.5 Å². The van der Waals surface area contributed by atoms with Gasteiger partial charge in [0.05, 0.1) is 13.2 Å². The molecule has 1 unspecified atom stereocenters. The fourth-order valence-corrected chi connectivity index (χ4v) is 3.62. The van der Waals surface area contributed by atoms with Gasteiger partial charge in [0.15, 0.2) is 0 Å². The largest absolute Gasteiger partial charge is 0.481 e. The molecule has 0 bridgehead atoms. The number of methoxy groups -OCH3 is 1. The average molecular weight is 338 g/mol. The van der Waals surface area contributed by atoms with Gasteiger partial charge < -0.3 is 9.64 Å². The fraction of sp³-hybridized carbons (Fsp3) is 0.368. The van der Waals surface area contributed by atoms with Crippen LogP contribution in [0.1, 0.15) is 5.56 Å². The number of carbonyl (C=O) groups excluding carboxylic acids is 1. The van der Waals surface area contributed by atoms with Crippen molar-refractivity contribution in [2.24, 2.45) is 0 Å². The molecule has 0 saturated carbocycles. The van der Waals surface area contributed by atoms with Gasteiger partial charge in [0.2, 0.25) is 5.88 Å². The van der Waals surface area contributed by atoms with Crippen LogP contribution in [0.5, 0.6) is 5.88 Å². The number of carbonyl (C=O) groups is 1. The minimum absolute atomic E-state index is 0.127. The molecule has 6 nitrogen and oxygen atoms in total. The quantitative estimate of drug-likeness (QED) is 0.858. The number of rotatable bonds is 4. The predicted molar refractivity (Wildman–Crippen MR) is 95.7 cm³/mol. The summed E-state index contributed by atoms with van der Waals surface area (Å²) in [6.45, 7) is 4.15. The molecular weight excluding hydrogens is 316 g/mol. The minimum Gasteiger partial charge on any atom is -0.481 e. The lowest BCUT2D eigenvalue weighted by Gasteiger charge is -2.36. The van der Waals surface area contributed by atoms with E-state index in [0.29, 0.717) is 5.88 Å². The lowest BCUT2D eigenvalue weighted by molar-refractivity contribution is 0.116. The maximum Gasteiger partial charge on any atom is 0.324 e. The maximum atomic E-state index is 12.7. The number of amides is 2. The van der Waals surface area contributed by atoms with Crippen LogP contribution in [0.25, 0.3) is 0 Å². The summed E-state index contributed by atoms with van der Waals surface area (Å²) in [7, 11) is 1.62. The zero-order valence-electron chi connectivity index (χ0n) is 14.3. The molecule has 1 aromatic carbocycles. The summed E-state index contributed by atoms with van der Waals surface area (Å²) in [5.74, 6) is 0.633. The molecule has 0 N–H and O–H groups in total. The summed E-state index contributed by atoms with van der Waals surface area (Å²) in [4.78, 5) is 23.3. The van der Waals surface area contributed by atoms with Crippen molar-refractivity contribution in [3.8, 4) is 5.88 Å². The van der Waals surface area contributed by atoms with Crippen molar-refractivity contribution in [3.05, 3.63) is 54.2 Å². The van der Waals surface area contributed by atoms with Crippen LogP contribution in [0.4, 0.5) is 10.5 Å². The lowest BCUT2D eigenvalue weighted by atomic mass is 10.1. The number of pyridine rings is 1. The molecule has 25 heavy (non-hydrogen) atoms. The molecule has 6 heteroatoms. The molecule has 130 valence electrons. The van der Waals surface area contributed by atoms with Crippen LogP contribution in [0.2, 0.25) is 0 Å². The number of hydrogen-bond acceptors (Lipinski definition) is 4. The van der Waals surface area contributed by atoms with E-state index in [2.05, 4.69) is 9.88 Å². The number of urea groups is 1. The van der Waals surface area contributed by atoms with E-state index < -0.39 is 0 Å². The van der Waals surface area contributed by atoms with Crippen molar-refractivity contribution < 1.29 is 9.53 Å². The Morgan fingerprint density at radius 2 is 1.96 bits per heavy atom. The smallest absolute Gasteiger partial charge is 0.324 e. The van der Waals surface area contributed by atoms with Crippen LogP contribution < -0.4 is 9.64 Å². The highest BCUT2D eigenvalue weighted by Crippen LogP contribution is 2.26. The normalized spacial score (nSPS) is 20.7. The maximum absolute atomic E-state index is 12.7. The minimum atomic E-state index is 0.127. The van der Waals surface area contributed by atoms with Crippen LogP contribution in [-0.4, -0.2) is 60.1 Å². The van der Waals surface area contributed by atoms with Gasteiger partial charge >= 0.3 is 6.03 Å². The first kappa shape index (κ1) is 15.9. The van der Waals surface area contributed by atoms with Gasteiger partial charge in [-0.1, -0.05) is 24.3 Å². The van der Waals surface area contributed by atoms with Gasteiger partial charge in [-0.3, -0.25) is 9.80 Å². The highest BCUT2D eigenvalue weighted by atomic mass is 16.5. The summed E-state index contributed by atoms with van der Waals surface area (Å²) >= 11 is 0. The van der Waals surface area contributed by atoms with E-state index in [1.54, 1.807) is 7.11 Å².